The van der Waals surface area contributed by atoms with Crippen molar-refractivity contribution in [3.63, 3.8) is 0 Å². The Morgan fingerprint density at radius 1 is 1.07 bits per heavy atom. The number of aryl methyl sites for hydroxylation is 2. The van der Waals surface area contributed by atoms with Gasteiger partial charge in [0.05, 0.1) is 0 Å². The van der Waals surface area contributed by atoms with Crippen LogP contribution in [0.3, 0.4) is 0 Å². The van der Waals surface area contributed by atoms with Crippen molar-refractivity contribution in [3.8, 4) is 0 Å². The van der Waals surface area contributed by atoms with E-state index in [1.54, 1.807) is 6.08 Å². The lowest BCUT2D eigenvalue weighted by Gasteiger charge is -2.13. The zero-order valence-corrected chi connectivity index (χ0v) is 9.65. The topological polar surface area (TPSA) is 0 Å². The lowest BCUT2D eigenvalue weighted by atomic mass is 9.92. The Morgan fingerprint density at radius 2 is 1.71 bits per heavy atom. The minimum absolute atomic E-state index is 0.961. The molecule has 0 unspecified atom stereocenters. The van der Waals surface area contributed by atoms with Crippen LogP contribution in [0.25, 0.3) is 0 Å². The maximum atomic E-state index is 5.41. The van der Waals surface area contributed by atoms with Crippen molar-refractivity contribution < 1.29 is 0 Å². The number of benzene rings is 1. The summed E-state index contributed by atoms with van der Waals surface area (Å²) in [5.41, 5.74) is 7.10. The monoisotopic (exact) mass is 187 g/mol. The summed E-state index contributed by atoms with van der Waals surface area (Å²) >= 11 is 0. The standard InChI is InChI=1S/C14H19/c1-6-7-8-14-9-10(2)11(3)12(4)13(14)5/h1,6,9H,7-8H2,2-5H3. The fourth-order valence-corrected chi connectivity index (χ4v) is 1.79. The van der Waals surface area contributed by atoms with Crippen LogP contribution in [0, 0.1) is 34.3 Å². The molecule has 0 aliphatic carbocycles. The van der Waals surface area contributed by atoms with Gasteiger partial charge in [-0.1, -0.05) is 18.7 Å². The molecule has 0 spiro atoms. The zero-order valence-electron chi connectivity index (χ0n) is 9.65. The number of rotatable bonds is 3. The fraction of sp³-hybridized carbons (Fsp3) is 0.429. The maximum Gasteiger partial charge on any atom is -0.0241 e. The van der Waals surface area contributed by atoms with Gasteiger partial charge in [0.25, 0.3) is 0 Å². The number of hydrogen-bond acceptors (Lipinski definition) is 0. The third-order valence-corrected chi connectivity index (χ3v) is 3.17. The highest BCUT2D eigenvalue weighted by Crippen LogP contribution is 2.22. The second-order valence-electron chi connectivity index (χ2n) is 4.00. The van der Waals surface area contributed by atoms with Gasteiger partial charge in [-0.2, -0.15) is 0 Å². The maximum absolute atomic E-state index is 5.41. The van der Waals surface area contributed by atoms with Gasteiger partial charge in [0.15, 0.2) is 0 Å². The van der Waals surface area contributed by atoms with Crippen molar-refractivity contribution in [3.05, 3.63) is 46.5 Å². The van der Waals surface area contributed by atoms with E-state index >= 15 is 0 Å². The first-order chi connectivity index (χ1) is 6.57. The second-order valence-corrected chi connectivity index (χ2v) is 4.00. The number of hydrogen-bond donors (Lipinski definition) is 0. The van der Waals surface area contributed by atoms with Gasteiger partial charge in [-0.15, -0.1) is 0 Å². The van der Waals surface area contributed by atoms with Gasteiger partial charge in [0.2, 0.25) is 0 Å². The van der Waals surface area contributed by atoms with Crippen LogP contribution in [0.2, 0.25) is 0 Å². The fourth-order valence-electron chi connectivity index (χ4n) is 1.79. The van der Waals surface area contributed by atoms with Crippen LogP contribution >= 0.6 is 0 Å². The lowest BCUT2D eigenvalue weighted by Crippen LogP contribution is -1.97. The van der Waals surface area contributed by atoms with Crippen molar-refractivity contribution in [2.75, 3.05) is 0 Å². The molecule has 14 heavy (non-hydrogen) atoms. The third-order valence-electron chi connectivity index (χ3n) is 3.17. The van der Waals surface area contributed by atoms with E-state index < -0.39 is 0 Å². The van der Waals surface area contributed by atoms with Gasteiger partial charge in [0, 0.05) is 0 Å². The predicted octanol–water partition coefficient (Wildman–Crippen LogP) is 3.84. The summed E-state index contributed by atoms with van der Waals surface area (Å²) in [5, 5.41) is 0. The molecule has 0 saturated carbocycles. The summed E-state index contributed by atoms with van der Waals surface area (Å²) in [6.07, 6.45) is 3.76. The molecular weight excluding hydrogens is 168 g/mol. The summed E-state index contributed by atoms with van der Waals surface area (Å²) in [5.74, 6) is 0. The molecule has 0 N–H and O–H groups in total. The van der Waals surface area contributed by atoms with Crippen LogP contribution < -0.4 is 0 Å². The molecule has 0 nitrogen and oxygen atoms in total. The van der Waals surface area contributed by atoms with E-state index in [0.29, 0.717) is 0 Å². The van der Waals surface area contributed by atoms with Crippen molar-refractivity contribution in [1.82, 2.24) is 0 Å². The van der Waals surface area contributed by atoms with Crippen molar-refractivity contribution in [2.24, 2.45) is 0 Å². The molecule has 75 valence electrons. The lowest BCUT2D eigenvalue weighted by molar-refractivity contribution is 0.974. The SMILES string of the molecule is [CH]=CCCc1cc(C)c(C)c(C)c1C. The zero-order chi connectivity index (χ0) is 10.7. The Kier molecular flexibility index (Phi) is 3.51. The van der Waals surface area contributed by atoms with Crippen LogP contribution in [0.5, 0.6) is 0 Å². The molecule has 0 aliphatic heterocycles. The minimum atomic E-state index is 0.961. The van der Waals surface area contributed by atoms with Gasteiger partial charge in [-0.3, -0.25) is 0 Å². The van der Waals surface area contributed by atoms with E-state index in [9.17, 15) is 0 Å². The highest BCUT2D eigenvalue weighted by Gasteiger charge is 2.05. The Bertz CT molecular complexity index is 346. The Balaban J connectivity index is 3.12. The van der Waals surface area contributed by atoms with Crippen LogP contribution in [-0.4, -0.2) is 0 Å². The summed E-state index contributed by atoms with van der Waals surface area (Å²) < 4.78 is 0. The average Bonchev–Trinajstić information content (AvgIpc) is 2.18. The van der Waals surface area contributed by atoms with Crippen molar-refractivity contribution in [2.45, 2.75) is 40.5 Å². The first kappa shape index (κ1) is 11.0. The van der Waals surface area contributed by atoms with E-state index in [-0.39, 0.29) is 0 Å². The smallest absolute Gasteiger partial charge is 0.0241 e. The molecule has 0 heterocycles. The van der Waals surface area contributed by atoms with Gasteiger partial charge in [-0.25, -0.2) is 0 Å². The summed E-state index contributed by atoms with van der Waals surface area (Å²) in [6.45, 7) is 14.2. The van der Waals surface area contributed by atoms with Gasteiger partial charge in [-0.05, 0) is 68.4 Å². The van der Waals surface area contributed by atoms with Crippen LogP contribution in [0.1, 0.15) is 34.2 Å². The molecule has 1 rings (SSSR count). The molecule has 1 aromatic rings. The Labute approximate surface area is 87.7 Å². The summed E-state index contributed by atoms with van der Waals surface area (Å²) in [7, 11) is 0. The van der Waals surface area contributed by atoms with E-state index in [2.05, 4.69) is 33.8 Å². The first-order valence-corrected chi connectivity index (χ1v) is 5.17. The van der Waals surface area contributed by atoms with Crippen molar-refractivity contribution in [1.29, 1.82) is 0 Å². The third kappa shape index (κ3) is 2.06. The number of allylic oxidation sites excluding steroid dienone is 1. The summed E-state index contributed by atoms with van der Waals surface area (Å²) in [4.78, 5) is 0. The Hall–Kier alpha value is -1.04. The van der Waals surface area contributed by atoms with Crippen molar-refractivity contribution >= 4 is 0 Å². The quantitative estimate of drug-likeness (QED) is 0.674. The van der Waals surface area contributed by atoms with Crippen LogP contribution in [0.15, 0.2) is 12.1 Å². The van der Waals surface area contributed by atoms with E-state index in [4.69, 9.17) is 6.58 Å². The molecule has 0 aromatic heterocycles. The molecule has 0 amide bonds. The highest BCUT2D eigenvalue weighted by molar-refractivity contribution is 5.43. The van der Waals surface area contributed by atoms with Gasteiger partial charge < -0.3 is 0 Å². The molecular formula is C14H19. The summed E-state index contributed by atoms with van der Waals surface area (Å²) in [6, 6.07) is 2.29. The first-order valence-electron chi connectivity index (χ1n) is 5.17. The molecule has 0 heteroatoms. The highest BCUT2D eigenvalue weighted by atomic mass is 14.1. The Morgan fingerprint density at radius 3 is 2.29 bits per heavy atom. The predicted molar refractivity (Wildman–Crippen MR) is 62.6 cm³/mol. The van der Waals surface area contributed by atoms with E-state index in [1.807, 2.05) is 0 Å². The average molecular weight is 187 g/mol. The molecule has 0 saturated heterocycles. The molecule has 1 aromatic carbocycles. The molecule has 0 atom stereocenters. The van der Waals surface area contributed by atoms with Gasteiger partial charge >= 0.3 is 0 Å². The largest absolute Gasteiger partial charge is 0.0842 e. The normalized spacial score (nSPS) is 10.3. The molecule has 0 bridgehead atoms. The van der Waals surface area contributed by atoms with E-state index in [1.165, 1.54) is 27.8 Å². The van der Waals surface area contributed by atoms with Gasteiger partial charge in [0.1, 0.15) is 0 Å². The molecule has 1 radical (unpaired) electrons. The molecule has 0 aliphatic rings. The molecule has 0 fully saturated rings. The van der Waals surface area contributed by atoms with Crippen LogP contribution in [-0.2, 0) is 6.42 Å². The van der Waals surface area contributed by atoms with E-state index in [0.717, 1.165) is 12.8 Å². The van der Waals surface area contributed by atoms with Crippen LogP contribution in [0.4, 0.5) is 0 Å². The second kappa shape index (κ2) is 4.45. The minimum Gasteiger partial charge on any atom is -0.0842 e.